The molecule has 130 valence electrons. The molecule has 0 saturated heterocycles. The van der Waals surface area contributed by atoms with Crippen LogP contribution in [0.15, 0.2) is 60.7 Å². The van der Waals surface area contributed by atoms with E-state index in [1.54, 1.807) is 0 Å². The molecule has 0 aromatic heterocycles. The molecule has 2 nitrogen and oxygen atoms in total. The van der Waals surface area contributed by atoms with Gasteiger partial charge in [-0.2, -0.15) is 0 Å². The van der Waals surface area contributed by atoms with Gasteiger partial charge in [0.2, 0.25) is 0 Å². The molecule has 3 aromatic carbocycles. The van der Waals surface area contributed by atoms with Crippen LogP contribution in [-0.2, 0) is 13.1 Å². The predicted molar refractivity (Wildman–Crippen MR) is 109 cm³/mol. The van der Waals surface area contributed by atoms with Crippen molar-refractivity contribution in [2.24, 2.45) is 0 Å². The van der Waals surface area contributed by atoms with Gasteiger partial charge in [0.25, 0.3) is 0 Å². The number of halogens is 1. The standard InChI is InChI=1S/C23H21ClN2/c1-15-3-9-21-18(11-15)13-25-22-10-4-16(2)12-19(22)14-26(21)23(25)17-5-7-20(24)8-6-17/h3-12,23H,13-14H2,1-2H3. The molecule has 3 heteroatoms. The first-order chi connectivity index (χ1) is 12.6. The number of benzene rings is 3. The highest BCUT2D eigenvalue weighted by Crippen LogP contribution is 2.47. The van der Waals surface area contributed by atoms with Gasteiger partial charge in [-0.25, -0.2) is 0 Å². The lowest BCUT2D eigenvalue weighted by Crippen LogP contribution is -2.49. The summed E-state index contributed by atoms with van der Waals surface area (Å²) in [4.78, 5) is 5.06. The maximum Gasteiger partial charge on any atom is 0.129 e. The summed E-state index contributed by atoms with van der Waals surface area (Å²) in [7, 11) is 0. The molecule has 0 unspecified atom stereocenters. The van der Waals surface area contributed by atoms with Crippen molar-refractivity contribution in [2.45, 2.75) is 33.1 Å². The van der Waals surface area contributed by atoms with Crippen molar-refractivity contribution in [3.63, 3.8) is 0 Å². The maximum absolute atomic E-state index is 6.14. The van der Waals surface area contributed by atoms with Crippen molar-refractivity contribution < 1.29 is 0 Å². The first kappa shape index (κ1) is 15.8. The summed E-state index contributed by atoms with van der Waals surface area (Å²) in [6.45, 7) is 6.19. The number of nitrogens with zero attached hydrogens (tertiary/aromatic N) is 2. The Morgan fingerprint density at radius 1 is 0.731 bits per heavy atom. The smallest absolute Gasteiger partial charge is 0.129 e. The second-order valence-electron chi connectivity index (χ2n) is 7.45. The first-order valence-electron chi connectivity index (χ1n) is 9.08. The molecule has 0 aliphatic carbocycles. The number of fused-ring (bicyclic) bond motifs is 6. The van der Waals surface area contributed by atoms with E-state index in [4.69, 9.17) is 11.6 Å². The molecule has 0 atom stereocenters. The summed E-state index contributed by atoms with van der Waals surface area (Å²) in [5, 5.41) is 0.784. The Balaban J connectivity index is 1.70. The minimum Gasteiger partial charge on any atom is -0.343 e. The molecule has 5 rings (SSSR count). The van der Waals surface area contributed by atoms with E-state index in [2.05, 4.69) is 72.2 Å². The van der Waals surface area contributed by atoms with Crippen LogP contribution < -0.4 is 9.80 Å². The Morgan fingerprint density at radius 3 is 1.73 bits per heavy atom. The van der Waals surface area contributed by atoms with E-state index in [9.17, 15) is 0 Å². The fraction of sp³-hybridized carbons (Fsp3) is 0.217. The van der Waals surface area contributed by atoms with Gasteiger partial charge >= 0.3 is 0 Å². The Bertz CT molecular complexity index is 934. The minimum absolute atomic E-state index is 0.206. The summed E-state index contributed by atoms with van der Waals surface area (Å²) in [6, 6.07) is 22.0. The number of anilines is 2. The zero-order valence-electron chi connectivity index (χ0n) is 15.0. The lowest BCUT2D eigenvalue weighted by Gasteiger charge is -2.51. The predicted octanol–water partition coefficient (Wildman–Crippen LogP) is 6.00. The van der Waals surface area contributed by atoms with Crippen molar-refractivity contribution in [3.8, 4) is 0 Å². The normalized spacial score (nSPS) is 15.7. The summed E-state index contributed by atoms with van der Waals surface area (Å²) < 4.78 is 0. The zero-order valence-corrected chi connectivity index (χ0v) is 15.8. The number of aryl methyl sites for hydroxylation is 2. The average Bonchev–Trinajstić information content (AvgIpc) is 2.62. The molecule has 2 aliphatic heterocycles. The molecular formula is C23H21ClN2. The van der Waals surface area contributed by atoms with Crippen LogP contribution in [0.5, 0.6) is 0 Å². The van der Waals surface area contributed by atoms with E-state index >= 15 is 0 Å². The van der Waals surface area contributed by atoms with E-state index in [0.717, 1.165) is 18.1 Å². The van der Waals surface area contributed by atoms with Gasteiger partial charge in [0.05, 0.1) is 0 Å². The van der Waals surface area contributed by atoms with Gasteiger partial charge in [0.15, 0.2) is 0 Å². The monoisotopic (exact) mass is 360 g/mol. The maximum atomic E-state index is 6.14. The molecule has 0 radical (unpaired) electrons. The third kappa shape index (κ3) is 2.40. The molecule has 0 N–H and O–H groups in total. The van der Waals surface area contributed by atoms with Crippen LogP contribution in [-0.4, -0.2) is 0 Å². The molecule has 3 aromatic rings. The minimum atomic E-state index is 0.206. The Morgan fingerprint density at radius 2 is 1.23 bits per heavy atom. The molecule has 2 bridgehead atoms. The van der Waals surface area contributed by atoms with Crippen LogP contribution in [0, 0.1) is 13.8 Å². The van der Waals surface area contributed by atoms with Gasteiger partial charge in [-0.3, -0.25) is 0 Å². The summed E-state index contributed by atoms with van der Waals surface area (Å²) in [5.41, 5.74) is 9.42. The Kier molecular flexibility index (Phi) is 3.51. The number of hydrogen-bond donors (Lipinski definition) is 0. The molecule has 0 spiro atoms. The fourth-order valence-electron chi connectivity index (χ4n) is 4.38. The summed E-state index contributed by atoms with van der Waals surface area (Å²) >= 11 is 6.14. The molecule has 0 fully saturated rings. The Labute approximate surface area is 159 Å². The zero-order chi connectivity index (χ0) is 17.8. The number of hydrogen-bond acceptors (Lipinski definition) is 2. The topological polar surface area (TPSA) is 6.48 Å². The highest BCUT2D eigenvalue weighted by molar-refractivity contribution is 6.30. The molecule has 2 heterocycles. The quantitative estimate of drug-likeness (QED) is 0.525. The van der Waals surface area contributed by atoms with Gasteiger partial charge in [-0.15, -0.1) is 0 Å². The first-order valence-corrected chi connectivity index (χ1v) is 9.46. The molecular weight excluding hydrogens is 340 g/mol. The van der Waals surface area contributed by atoms with Gasteiger partial charge < -0.3 is 9.80 Å². The highest BCUT2D eigenvalue weighted by atomic mass is 35.5. The Hall–Kier alpha value is -2.45. The summed E-state index contributed by atoms with van der Waals surface area (Å²) in [6.07, 6.45) is 0.206. The fourth-order valence-corrected chi connectivity index (χ4v) is 4.51. The largest absolute Gasteiger partial charge is 0.343 e. The van der Waals surface area contributed by atoms with Gasteiger partial charge in [-0.05, 0) is 54.8 Å². The van der Waals surface area contributed by atoms with E-state index in [-0.39, 0.29) is 6.17 Å². The number of rotatable bonds is 1. The molecule has 2 aliphatic rings. The van der Waals surface area contributed by atoms with E-state index < -0.39 is 0 Å². The van der Waals surface area contributed by atoms with Crippen LogP contribution in [0.2, 0.25) is 5.02 Å². The van der Waals surface area contributed by atoms with Crippen LogP contribution >= 0.6 is 11.6 Å². The van der Waals surface area contributed by atoms with E-state index in [1.165, 1.54) is 39.2 Å². The van der Waals surface area contributed by atoms with Crippen molar-refractivity contribution >= 4 is 23.0 Å². The van der Waals surface area contributed by atoms with Crippen LogP contribution in [0.25, 0.3) is 0 Å². The van der Waals surface area contributed by atoms with Crippen LogP contribution in [0.4, 0.5) is 11.4 Å². The highest BCUT2D eigenvalue weighted by Gasteiger charge is 2.38. The second kappa shape index (κ2) is 5.78. The van der Waals surface area contributed by atoms with Crippen LogP contribution in [0.3, 0.4) is 0 Å². The molecule has 0 saturated carbocycles. The van der Waals surface area contributed by atoms with Crippen molar-refractivity contribution in [2.75, 3.05) is 9.80 Å². The third-order valence-electron chi connectivity index (χ3n) is 5.53. The SMILES string of the molecule is Cc1ccc2c(c1)CN1c3ccc(C)cc3CN2C1c1ccc(Cl)cc1. The summed E-state index contributed by atoms with van der Waals surface area (Å²) in [5.74, 6) is 0. The van der Waals surface area contributed by atoms with Gasteiger partial charge in [0.1, 0.15) is 6.17 Å². The lowest BCUT2D eigenvalue weighted by molar-refractivity contribution is 0.519. The molecule has 26 heavy (non-hydrogen) atoms. The van der Waals surface area contributed by atoms with E-state index in [0.29, 0.717) is 0 Å². The van der Waals surface area contributed by atoms with Gasteiger partial charge in [-0.1, -0.05) is 59.1 Å². The van der Waals surface area contributed by atoms with Crippen molar-refractivity contribution in [1.82, 2.24) is 0 Å². The van der Waals surface area contributed by atoms with Gasteiger partial charge in [0, 0.05) is 29.5 Å². The van der Waals surface area contributed by atoms with Crippen molar-refractivity contribution in [3.05, 3.63) is 93.5 Å². The van der Waals surface area contributed by atoms with Crippen molar-refractivity contribution in [1.29, 1.82) is 0 Å². The molecule has 0 amide bonds. The lowest BCUT2D eigenvalue weighted by atomic mass is 9.94. The second-order valence-corrected chi connectivity index (χ2v) is 7.88. The third-order valence-corrected chi connectivity index (χ3v) is 5.78. The van der Waals surface area contributed by atoms with Crippen LogP contribution in [0.1, 0.15) is 34.0 Å². The van der Waals surface area contributed by atoms with E-state index in [1.807, 2.05) is 12.1 Å². The average molecular weight is 361 g/mol.